The zero-order chi connectivity index (χ0) is 16.8. The van der Waals surface area contributed by atoms with Gasteiger partial charge in [-0.25, -0.2) is 4.98 Å². The molecule has 0 bridgehead atoms. The molecule has 3 aromatic rings. The van der Waals surface area contributed by atoms with Crippen molar-refractivity contribution in [3.8, 4) is 5.75 Å². The van der Waals surface area contributed by atoms with Gasteiger partial charge in [-0.15, -0.1) is 0 Å². The second-order valence-electron chi connectivity index (χ2n) is 5.90. The van der Waals surface area contributed by atoms with Gasteiger partial charge in [0.15, 0.2) is 0 Å². The molecule has 0 fully saturated rings. The van der Waals surface area contributed by atoms with Gasteiger partial charge in [0.1, 0.15) is 17.7 Å². The van der Waals surface area contributed by atoms with E-state index in [4.69, 9.17) is 4.74 Å². The highest BCUT2D eigenvalue weighted by Crippen LogP contribution is 2.23. The fourth-order valence-corrected chi connectivity index (χ4v) is 2.84. The molecule has 0 aliphatic heterocycles. The van der Waals surface area contributed by atoms with Gasteiger partial charge >= 0.3 is 0 Å². The Kier molecular flexibility index (Phi) is 5.49. The molecule has 0 aliphatic carbocycles. The summed E-state index contributed by atoms with van der Waals surface area (Å²) in [5.41, 5.74) is 2.03. The molecule has 0 saturated heterocycles. The summed E-state index contributed by atoms with van der Waals surface area (Å²) in [6.07, 6.45) is 2.10. The minimum Gasteiger partial charge on any atom is -0.494 e. The van der Waals surface area contributed by atoms with Crippen LogP contribution in [0.15, 0.2) is 54.6 Å². The van der Waals surface area contributed by atoms with E-state index >= 15 is 0 Å². The number of imidazole rings is 1. The molecule has 3 rings (SSSR count). The van der Waals surface area contributed by atoms with Gasteiger partial charge < -0.3 is 14.4 Å². The quantitative estimate of drug-likeness (QED) is 0.627. The van der Waals surface area contributed by atoms with Gasteiger partial charge in [-0.05, 0) is 43.5 Å². The first kappa shape index (κ1) is 16.5. The highest BCUT2D eigenvalue weighted by atomic mass is 16.5. The van der Waals surface area contributed by atoms with E-state index in [-0.39, 0.29) is 0 Å². The average molecular weight is 324 g/mol. The first-order valence-corrected chi connectivity index (χ1v) is 8.60. The Morgan fingerprint density at radius 1 is 1.04 bits per heavy atom. The topological polar surface area (TPSA) is 47.3 Å². The van der Waals surface area contributed by atoms with E-state index < -0.39 is 6.10 Å². The lowest BCUT2D eigenvalue weighted by Gasteiger charge is -2.13. The zero-order valence-corrected chi connectivity index (χ0v) is 14.1. The van der Waals surface area contributed by atoms with E-state index in [0.717, 1.165) is 42.0 Å². The third-order valence-corrected chi connectivity index (χ3v) is 4.16. The Balaban J connectivity index is 1.62. The van der Waals surface area contributed by atoms with Gasteiger partial charge in [-0.1, -0.05) is 37.3 Å². The number of fused-ring (bicyclic) bond motifs is 1. The van der Waals surface area contributed by atoms with Gasteiger partial charge in [-0.3, -0.25) is 0 Å². The van der Waals surface area contributed by atoms with Crippen molar-refractivity contribution >= 4 is 11.0 Å². The second-order valence-corrected chi connectivity index (χ2v) is 5.90. The van der Waals surface area contributed by atoms with Crippen molar-refractivity contribution in [3.05, 3.63) is 60.4 Å². The molecule has 1 heterocycles. The third kappa shape index (κ3) is 3.77. The SMILES string of the molecule is CC[C@H](O)c1nc2ccccc2n1CCCCOc1ccccc1. The van der Waals surface area contributed by atoms with Crippen molar-refractivity contribution in [2.75, 3.05) is 6.61 Å². The fourth-order valence-electron chi connectivity index (χ4n) is 2.84. The van der Waals surface area contributed by atoms with Crippen LogP contribution in [0.1, 0.15) is 38.1 Å². The molecule has 1 atom stereocenters. The Morgan fingerprint density at radius 2 is 1.79 bits per heavy atom. The van der Waals surface area contributed by atoms with Crippen LogP contribution >= 0.6 is 0 Å². The summed E-state index contributed by atoms with van der Waals surface area (Å²) in [5, 5.41) is 10.3. The lowest BCUT2D eigenvalue weighted by molar-refractivity contribution is 0.159. The number of hydrogen-bond acceptors (Lipinski definition) is 3. The zero-order valence-electron chi connectivity index (χ0n) is 14.1. The van der Waals surface area contributed by atoms with Crippen molar-refractivity contribution in [2.24, 2.45) is 0 Å². The largest absolute Gasteiger partial charge is 0.494 e. The van der Waals surface area contributed by atoms with Crippen LogP contribution in [0.2, 0.25) is 0 Å². The predicted octanol–water partition coefficient (Wildman–Crippen LogP) is 4.34. The summed E-state index contributed by atoms with van der Waals surface area (Å²) >= 11 is 0. The molecule has 2 aromatic carbocycles. The van der Waals surface area contributed by atoms with Gasteiger partial charge in [0.25, 0.3) is 0 Å². The summed E-state index contributed by atoms with van der Waals surface area (Å²) in [5.74, 6) is 1.68. The maximum atomic E-state index is 10.3. The van der Waals surface area contributed by atoms with Crippen LogP contribution in [0.5, 0.6) is 5.75 Å². The van der Waals surface area contributed by atoms with E-state index in [1.807, 2.05) is 55.5 Å². The van der Waals surface area contributed by atoms with Gasteiger partial charge in [0.05, 0.1) is 17.6 Å². The number of unbranched alkanes of at least 4 members (excludes halogenated alkanes) is 1. The molecule has 4 nitrogen and oxygen atoms in total. The predicted molar refractivity (Wildman–Crippen MR) is 96.2 cm³/mol. The smallest absolute Gasteiger partial charge is 0.138 e. The molecule has 0 unspecified atom stereocenters. The molecule has 1 aromatic heterocycles. The Morgan fingerprint density at radius 3 is 2.58 bits per heavy atom. The lowest BCUT2D eigenvalue weighted by Crippen LogP contribution is -2.09. The number of rotatable bonds is 8. The fraction of sp³-hybridized carbons (Fsp3) is 0.350. The van der Waals surface area contributed by atoms with E-state index in [2.05, 4.69) is 15.6 Å². The number of para-hydroxylation sites is 3. The number of nitrogens with zero attached hydrogens (tertiary/aromatic N) is 2. The van der Waals surface area contributed by atoms with Gasteiger partial charge in [0, 0.05) is 6.54 Å². The highest BCUT2D eigenvalue weighted by molar-refractivity contribution is 5.76. The van der Waals surface area contributed by atoms with Crippen molar-refractivity contribution in [1.82, 2.24) is 9.55 Å². The van der Waals surface area contributed by atoms with E-state index in [1.54, 1.807) is 0 Å². The molecule has 0 saturated carbocycles. The molecule has 0 aliphatic rings. The highest BCUT2D eigenvalue weighted by Gasteiger charge is 2.16. The van der Waals surface area contributed by atoms with Gasteiger partial charge in [0.2, 0.25) is 0 Å². The molecule has 4 heteroatoms. The summed E-state index contributed by atoms with van der Waals surface area (Å²) in [6, 6.07) is 17.9. The van der Waals surface area contributed by atoms with Crippen LogP contribution in [-0.2, 0) is 6.54 Å². The molecule has 126 valence electrons. The van der Waals surface area contributed by atoms with E-state index in [0.29, 0.717) is 13.0 Å². The minimum absolute atomic E-state index is 0.516. The number of aryl methyl sites for hydroxylation is 1. The monoisotopic (exact) mass is 324 g/mol. The molecule has 0 spiro atoms. The van der Waals surface area contributed by atoms with E-state index in [1.165, 1.54) is 0 Å². The molecule has 24 heavy (non-hydrogen) atoms. The van der Waals surface area contributed by atoms with Crippen LogP contribution in [-0.4, -0.2) is 21.3 Å². The Bertz CT molecular complexity index is 768. The number of aliphatic hydroxyl groups is 1. The van der Waals surface area contributed by atoms with Crippen molar-refractivity contribution < 1.29 is 9.84 Å². The molecule has 1 N–H and O–H groups in total. The number of aromatic nitrogens is 2. The molecular weight excluding hydrogens is 300 g/mol. The van der Waals surface area contributed by atoms with Crippen molar-refractivity contribution in [3.63, 3.8) is 0 Å². The number of aliphatic hydroxyl groups excluding tert-OH is 1. The Hall–Kier alpha value is -2.33. The van der Waals surface area contributed by atoms with Crippen LogP contribution in [0.3, 0.4) is 0 Å². The number of hydrogen-bond donors (Lipinski definition) is 1. The molecule has 0 radical (unpaired) electrons. The van der Waals surface area contributed by atoms with Crippen molar-refractivity contribution in [2.45, 2.75) is 38.8 Å². The second kappa shape index (κ2) is 7.97. The molecular formula is C20H24N2O2. The average Bonchev–Trinajstić information content (AvgIpc) is 3.00. The third-order valence-electron chi connectivity index (χ3n) is 4.16. The first-order valence-electron chi connectivity index (χ1n) is 8.60. The minimum atomic E-state index is -0.516. The number of benzene rings is 2. The van der Waals surface area contributed by atoms with Crippen LogP contribution in [0.4, 0.5) is 0 Å². The van der Waals surface area contributed by atoms with Crippen LogP contribution in [0, 0.1) is 0 Å². The normalized spacial score (nSPS) is 12.4. The summed E-state index contributed by atoms with van der Waals surface area (Å²) in [6.45, 7) is 3.51. The summed E-state index contributed by atoms with van der Waals surface area (Å²) in [7, 11) is 0. The maximum Gasteiger partial charge on any atom is 0.138 e. The lowest BCUT2D eigenvalue weighted by atomic mass is 10.2. The Labute approximate surface area is 142 Å². The van der Waals surface area contributed by atoms with Crippen LogP contribution in [0.25, 0.3) is 11.0 Å². The van der Waals surface area contributed by atoms with Crippen molar-refractivity contribution in [1.29, 1.82) is 0 Å². The van der Waals surface area contributed by atoms with Crippen LogP contribution < -0.4 is 4.74 Å². The standard InChI is InChI=1S/C20H24N2O2/c1-2-19(23)20-21-17-12-6-7-13-18(17)22(20)14-8-9-15-24-16-10-4-3-5-11-16/h3-7,10-13,19,23H,2,8-9,14-15H2,1H3/t19-/m0/s1. The van der Waals surface area contributed by atoms with Gasteiger partial charge in [-0.2, -0.15) is 0 Å². The van der Waals surface area contributed by atoms with E-state index in [9.17, 15) is 5.11 Å². The maximum absolute atomic E-state index is 10.3. The molecule has 0 amide bonds. The first-order chi connectivity index (χ1) is 11.8. The number of ether oxygens (including phenoxy) is 1. The summed E-state index contributed by atoms with van der Waals surface area (Å²) < 4.78 is 7.88. The summed E-state index contributed by atoms with van der Waals surface area (Å²) in [4.78, 5) is 4.61.